The highest BCUT2D eigenvalue weighted by Crippen LogP contribution is 2.35. The Labute approximate surface area is 112 Å². The van der Waals surface area contributed by atoms with Crippen molar-refractivity contribution in [3.8, 4) is 0 Å². The van der Waals surface area contributed by atoms with Crippen LogP contribution < -0.4 is 0 Å². The van der Waals surface area contributed by atoms with Crippen molar-refractivity contribution in [1.29, 1.82) is 0 Å². The maximum absolute atomic E-state index is 11.8. The van der Waals surface area contributed by atoms with E-state index in [0.29, 0.717) is 18.3 Å². The van der Waals surface area contributed by atoms with Crippen LogP contribution in [0.3, 0.4) is 0 Å². The highest BCUT2D eigenvalue weighted by atomic mass is 32.2. The van der Waals surface area contributed by atoms with Crippen molar-refractivity contribution < 1.29 is 13.5 Å². The summed E-state index contributed by atoms with van der Waals surface area (Å²) < 4.78 is 23.6. The van der Waals surface area contributed by atoms with Gasteiger partial charge >= 0.3 is 0 Å². The maximum atomic E-state index is 11.8. The molecule has 3 atom stereocenters. The first-order chi connectivity index (χ1) is 8.24. The molecule has 0 aromatic heterocycles. The molecule has 1 aliphatic carbocycles. The normalized spacial score (nSPS) is 30.1. The first kappa shape index (κ1) is 16.0. The predicted molar refractivity (Wildman–Crippen MR) is 75.2 cm³/mol. The molecule has 0 spiro atoms. The van der Waals surface area contributed by atoms with Crippen molar-refractivity contribution in [2.75, 3.05) is 5.75 Å². The van der Waals surface area contributed by atoms with Gasteiger partial charge in [0.1, 0.15) is 0 Å². The Morgan fingerprint density at radius 3 is 2.28 bits per heavy atom. The van der Waals surface area contributed by atoms with Crippen LogP contribution >= 0.6 is 0 Å². The lowest BCUT2D eigenvalue weighted by Gasteiger charge is -2.35. The van der Waals surface area contributed by atoms with Gasteiger partial charge in [-0.15, -0.1) is 0 Å². The summed E-state index contributed by atoms with van der Waals surface area (Å²) in [6.45, 7) is 7.88. The van der Waals surface area contributed by atoms with Crippen LogP contribution in [0.25, 0.3) is 0 Å². The second-order valence-electron chi connectivity index (χ2n) is 6.35. The molecule has 0 amide bonds. The molecule has 0 aromatic carbocycles. The molecule has 1 saturated carbocycles. The quantitative estimate of drug-likeness (QED) is 0.840. The van der Waals surface area contributed by atoms with Gasteiger partial charge in [0.05, 0.1) is 17.1 Å². The molecule has 0 radical (unpaired) electrons. The molecule has 0 bridgehead atoms. The monoisotopic (exact) mass is 276 g/mol. The molecular weight excluding hydrogens is 248 g/mol. The van der Waals surface area contributed by atoms with Crippen molar-refractivity contribution >= 4 is 9.84 Å². The van der Waals surface area contributed by atoms with Crippen LogP contribution in [-0.4, -0.2) is 30.6 Å². The molecule has 0 saturated heterocycles. The third-order valence-corrected chi connectivity index (χ3v) is 6.66. The van der Waals surface area contributed by atoms with Gasteiger partial charge in [0, 0.05) is 0 Å². The summed E-state index contributed by atoms with van der Waals surface area (Å²) in [5.41, 5.74) is 0. The lowest BCUT2D eigenvalue weighted by Crippen LogP contribution is -2.33. The fraction of sp³-hybridized carbons (Fsp3) is 1.00. The van der Waals surface area contributed by atoms with Crippen molar-refractivity contribution in [2.24, 2.45) is 17.8 Å². The third-order valence-electron chi connectivity index (χ3n) is 4.42. The highest BCUT2D eigenvalue weighted by molar-refractivity contribution is 7.91. The van der Waals surface area contributed by atoms with E-state index in [1.807, 2.05) is 0 Å². The standard InChI is InChI=1S/C14H28O3S/c1-10(2)12-5-6-14(15)13(9-12)7-8-18(16,17)11(3)4/h10-15H,5-9H2,1-4H3. The van der Waals surface area contributed by atoms with Crippen molar-refractivity contribution in [3.05, 3.63) is 0 Å². The van der Waals surface area contributed by atoms with E-state index in [-0.39, 0.29) is 23.0 Å². The van der Waals surface area contributed by atoms with E-state index >= 15 is 0 Å². The number of sulfone groups is 1. The molecule has 108 valence electrons. The van der Waals surface area contributed by atoms with Crippen LogP contribution in [0.15, 0.2) is 0 Å². The smallest absolute Gasteiger partial charge is 0.152 e. The molecule has 0 aliphatic heterocycles. The van der Waals surface area contributed by atoms with Gasteiger partial charge in [-0.2, -0.15) is 0 Å². The van der Waals surface area contributed by atoms with E-state index in [4.69, 9.17) is 0 Å². The summed E-state index contributed by atoms with van der Waals surface area (Å²) in [7, 11) is -2.97. The Morgan fingerprint density at radius 2 is 1.78 bits per heavy atom. The summed E-state index contributed by atoms with van der Waals surface area (Å²) in [5, 5.41) is 9.70. The van der Waals surface area contributed by atoms with Crippen molar-refractivity contribution in [1.82, 2.24) is 0 Å². The van der Waals surface area contributed by atoms with Crippen LogP contribution in [0.4, 0.5) is 0 Å². The number of rotatable bonds is 5. The highest BCUT2D eigenvalue weighted by Gasteiger charge is 2.31. The summed E-state index contributed by atoms with van der Waals surface area (Å²) in [6.07, 6.45) is 3.20. The van der Waals surface area contributed by atoms with E-state index < -0.39 is 9.84 Å². The van der Waals surface area contributed by atoms with Crippen LogP contribution in [0.2, 0.25) is 0 Å². The van der Waals surface area contributed by atoms with Crippen LogP contribution in [-0.2, 0) is 9.84 Å². The summed E-state index contributed by atoms with van der Waals surface area (Å²) in [6, 6.07) is 0. The lowest BCUT2D eigenvalue weighted by molar-refractivity contribution is 0.0363. The summed E-state index contributed by atoms with van der Waals surface area (Å²) in [5.74, 6) is 1.65. The topological polar surface area (TPSA) is 54.4 Å². The van der Waals surface area contributed by atoms with Gasteiger partial charge < -0.3 is 5.11 Å². The number of hydrogen-bond acceptors (Lipinski definition) is 3. The molecule has 18 heavy (non-hydrogen) atoms. The van der Waals surface area contributed by atoms with Gasteiger partial charge in [0.25, 0.3) is 0 Å². The number of aliphatic hydroxyl groups is 1. The second-order valence-corrected chi connectivity index (χ2v) is 9.03. The second kappa shape index (κ2) is 6.38. The molecule has 3 nitrogen and oxygen atoms in total. The van der Waals surface area contributed by atoms with E-state index in [9.17, 15) is 13.5 Å². The molecular formula is C14H28O3S. The van der Waals surface area contributed by atoms with Gasteiger partial charge in [-0.25, -0.2) is 8.42 Å². The fourth-order valence-electron chi connectivity index (χ4n) is 2.75. The Kier molecular flexibility index (Phi) is 5.66. The Bertz CT molecular complexity index is 346. The zero-order valence-electron chi connectivity index (χ0n) is 12.1. The van der Waals surface area contributed by atoms with Crippen molar-refractivity contribution in [3.63, 3.8) is 0 Å². The first-order valence-electron chi connectivity index (χ1n) is 7.13. The van der Waals surface area contributed by atoms with E-state index in [1.54, 1.807) is 13.8 Å². The molecule has 3 unspecified atom stereocenters. The van der Waals surface area contributed by atoms with Gasteiger partial charge in [0.2, 0.25) is 0 Å². The minimum atomic E-state index is -2.97. The molecule has 1 rings (SSSR count). The third kappa shape index (κ3) is 4.23. The Hall–Kier alpha value is -0.0900. The van der Waals surface area contributed by atoms with Crippen LogP contribution in [0, 0.1) is 17.8 Å². The van der Waals surface area contributed by atoms with Gasteiger partial charge in [0.15, 0.2) is 9.84 Å². The van der Waals surface area contributed by atoms with E-state index in [0.717, 1.165) is 19.3 Å². The largest absolute Gasteiger partial charge is 0.393 e. The van der Waals surface area contributed by atoms with Gasteiger partial charge in [-0.3, -0.25) is 0 Å². The molecule has 0 heterocycles. The van der Waals surface area contributed by atoms with E-state index in [1.165, 1.54) is 0 Å². The van der Waals surface area contributed by atoms with Gasteiger partial charge in [-0.05, 0) is 57.3 Å². The molecule has 1 N–H and O–H groups in total. The number of hydrogen-bond donors (Lipinski definition) is 1. The zero-order chi connectivity index (χ0) is 13.9. The molecule has 4 heteroatoms. The minimum Gasteiger partial charge on any atom is -0.393 e. The Balaban J connectivity index is 2.55. The SMILES string of the molecule is CC(C)C1CCC(O)C(CCS(=O)(=O)C(C)C)C1. The lowest BCUT2D eigenvalue weighted by atomic mass is 9.74. The van der Waals surface area contributed by atoms with Crippen molar-refractivity contribution in [2.45, 2.75) is 64.7 Å². The van der Waals surface area contributed by atoms with E-state index in [2.05, 4.69) is 13.8 Å². The average Bonchev–Trinajstić information content (AvgIpc) is 2.27. The number of aliphatic hydroxyl groups excluding tert-OH is 1. The summed E-state index contributed by atoms with van der Waals surface area (Å²) >= 11 is 0. The molecule has 0 aromatic rings. The fourth-order valence-corrected chi connectivity index (χ4v) is 3.85. The van der Waals surface area contributed by atoms with Gasteiger partial charge in [-0.1, -0.05) is 13.8 Å². The molecule has 1 fully saturated rings. The Morgan fingerprint density at radius 1 is 1.17 bits per heavy atom. The predicted octanol–water partition coefficient (Wildman–Crippen LogP) is 2.63. The first-order valence-corrected chi connectivity index (χ1v) is 8.85. The van der Waals surface area contributed by atoms with Crippen LogP contribution in [0.1, 0.15) is 53.4 Å². The average molecular weight is 276 g/mol. The van der Waals surface area contributed by atoms with Crippen LogP contribution in [0.5, 0.6) is 0 Å². The minimum absolute atomic E-state index is 0.166. The summed E-state index contributed by atoms with van der Waals surface area (Å²) in [4.78, 5) is 0. The zero-order valence-corrected chi connectivity index (χ0v) is 12.9. The molecule has 1 aliphatic rings. The maximum Gasteiger partial charge on any atom is 0.152 e.